The molecule has 4 N–H and O–H groups in total. The zero-order chi connectivity index (χ0) is 14.4. The Morgan fingerprint density at radius 3 is 2.37 bits per heavy atom. The van der Waals surface area contributed by atoms with Crippen LogP contribution in [0.4, 0.5) is 5.69 Å². The third-order valence-corrected chi connectivity index (χ3v) is 2.42. The number of carboxylic acids is 1. The van der Waals surface area contributed by atoms with Gasteiger partial charge in [-0.2, -0.15) is 0 Å². The molecule has 0 atom stereocenters. The van der Waals surface area contributed by atoms with Crippen LogP contribution in [-0.2, 0) is 4.79 Å². The Morgan fingerprint density at radius 1 is 1.26 bits per heavy atom. The molecule has 0 bridgehead atoms. The quantitative estimate of drug-likeness (QED) is 0.647. The molecule has 0 saturated carbocycles. The van der Waals surface area contributed by atoms with E-state index in [0.717, 1.165) is 0 Å². The van der Waals surface area contributed by atoms with Gasteiger partial charge in [0, 0.05) is 18.3 Å². The smallest absolute Gasteiger partial charge is 0.305 e. The van der Waals surface area contributed by atoms with Gasteiger partial charge in [0.2, 0.25) is 0 Å². The van der Waals surface area contributed by atoms with Gasteiger partial charge in [-0.1, -0.05) is 0 Å². The van der Waals surface area contributed by atoms with Crippen LogP contribution < -0.4 is 20.5 Å². The van der Waals surface area contributed by atoms with Crippen molar-refractivity contribution in [2.24, 2.45) is 0 Å². The summed E-state index contributed by atoms with van der Waals surface area (Å²) in [5, 5.41) is 11.0. The maximum absolute atomic E-state index is 11.8. The van der Waals surface area contributed by atoms with Crippen molar-refractivity contribution >= 4 is 17.6 Å². The summed E-state index contributed by atoms with van der Waals surface area (Å²) in [4.78, 5) is 22.2. The Kier molecular flexibility index (Phi) is 4.99. The number of carboxylic acid groups (broad SMARTS) is 1. The number of hydrogen-bond donors (Lipinski definition) is 3. The first kappa shape index (κ1) is 14.6. The second kappa shape index (κ2) is 6.48. The summed E-state index contributed by atoms with van der Waals surface area (Å²) in [6.45, 7) is 0.0297. The molecule has 0 radical (unpaired) electrons. The summed E-state index contributed by atoms with van der Waals surface area (Å²) in [6.07, 6.45) is -0.154. The van der Waals surface area contributed by atoms with E-state index in [1.165, 1.54) is 26.4 Å². The van der Waals surface area contributed by atoms with Crippen LogP contribution in [0.2, 0.25) is 0 Å². The number of nitrogen functional groups attached to an aromatic ring is 1. The van der Waals surface area contributed by atoms with E-state index in [9.17, 15) is 9.59 Å². The lowest BCUT2D eigenvalue weighted by Crippen LogP contribution is -2.26. The predicted octanol–water partition coefficient (Wildman–Crippen LogP) is 0.490. The van der Waals surface area contributed by atoms with Crippen molar-refractivity contribution in [3.8, 4) is 11.5 Å². The molecule has 0 saturated heterocycles. The van der Waals surface area contributed by atoms with E-state index >= 15 is 0 Å². The van der Waals surface area contributed by atoms with Gasteiger partial charge in [-0.05, 0) is 6.07 Å². The van der Waals surface area contributed by atoms with E-state index in [0.29, 0.717) is 11.5 Å². The summed E-state index contributed by atoms with van der Waals surface area (Å²) >= 11 is 0. The lowest BCUT2D eigenvalue weighted by Gasteiger charge is -2.12. The van der Waals surface area contributed by atoms with Crippen molar-refractivity contribution in [2.45, 2.75) is 6.42 Å². The summed E-state index contributed by atoms with van der Waals surface area (Å²) in [5.41, 5.74) is 6.18. The summed E-state index contributed by atoms with van der Waals surface area (Å²) in [7, 11) is 2.91. The molecule has 0 fully saturated rings. The van der Waals surface area contributed by atoms with Gasteiger partial charge in [0.15, 0.2) is 11.5 Å². The van der Waals surface area contributed by atoms with E-state index in [4.69, 9.17) is 20.3 Å². The highest BCUT2D eigenvalue weighted by Gasteiger charge is 2.15. The fourth-order valence-electron chi connectivity index (χ4n) is 1.47. The molecule has 0 unspecified atom stereocenters. The minimum absolute atomic E-state index is 0.0297. The SMILES string of the molecule is COc1cc(N)c(C(=O)NCCC(=O)O)cc1OC. The van der Waals surface area contributed by atoms with Crippen molar-refractivity contribution in [3.63, 3.8) is 0 Å². The number of aliphatic carboxylic acids is 1. The fraction of sp³-hybridized carbons (Fsp3) is 0.333. The zero-order valence-electron chi connectivity index (χ0n) is 10.7. The third-order valence-electron chi connectivity index (χ3n) is 2.42. The van der Waals surface area contributed by atoms with Crippen LogP contribution in [0, 0.1) is 0 Å². The standard InChI is InChI=1S/C12H16N2O5/c1-18-9-5-7(8(13)6-10(9)19-2)12(17)14-4-3-11(15)16/h5-6H,3-4,13H2,1-2H3,(H,14,17)(H,15,16). The van der Waals surface area contributed by atoms with Crippen LogP contribution in [0.5, 0.6) is 11.5 Å². The monoisotopic (exact) mass is 268 g/mol. The second-order valence-corrected chi connectivity index (χ2v) is 3.69. The number of ether oxygens (including phenoxy) is 2. The molecule has 0 heterocycles. The number of nitrogens with one attached hydrogen (secondary N) is 1. The largest absolute Gasteiger partial charge is 0.493 e. The van der Waals surface area contributed by atoms with Gasteiger partial charge in [-0.25, -0.2) is 0 Å². The molecular formula is C12H16N2O5. The van der Waals surface area contributed by atoms with Crippen molar-refractivity contribution in [1.82, 2.24) is 5.32 Å². The van der Waals surface area contributed by atoms with Gasteiger partial charge in [0.25, 0.3) is 5.91 Å². The van der Waals surface area contributed by atoms with E-state index in [1.54, 1.807) is 0 Å². The molecule has 0 aromatic heterocycles. The molecule has 0 aliphatic rings. The number of nitrogens with two attached hydrogens (primary N) is 1. The van der Waals surface area contributed by atoms with E-state index in [1.807, 2.05) is 0 Å². The maximum Gasteiger partial charge on any atom is 0.305 e. The summed E-state index contributed by atoms with van der Waals surface area (Å²) in [5.74, 6) is -0.651. The van der Waals surface area contributed by atoms with E-state index in [-0.39, 0.29) is 24.2 Å². The van der Waals surface area contributed by atoms with Gasteiger partial charge in [0.1, 0.15) is 0 Å². The second-order valence-electron chi connectivity index (χ2n) is 3.69. The molecule has 7 heteroatoms. The molecule has 0 aliphatic heterocycles. The Hall–Kier alpha value is -2.44. The number of anilines is 1. The zero-order valence-corrected chi connectivity index (χ0v) is 10.7. The van der Waals surface area contributed by atoms with Gasteiger partial charge in [-0.3, -0.25) is 9.59 Å². The predicted molar refractivity (Wildman–Crippen MR) is 68.5 cm³/mol. The number of methoxy groups -OCH3 is 2. The highest BCUT2D eigenvalue weighted by atomic mass is 16.5. The third kappa shape index (κ3) is 3.77. The number of carbonyl (C=O) groups is 2. The van der Waals surface area contributed by atoms with Crippen LogP contribution in [0.3, 0.4) is 0 Å². The molecular weight excluding hydrogens is 252 g/mol. The number of carbonyl (C=O) groups excluding carboxylic acids is 1. The molecule has 104 valence electrons. The van der Waals surface area contributed by atoms with Gasteiger partial charge in [0.05, 0.1) is 26.2 Å². The average Bonchev–Trinajstić information content (AvgIpc) is 2.37. The molecule has 19 heavy (non-hydrogen) atoms. The summed E-state index contributed by atoms with van der Waals surface area (Å²) < 4.78 is 10.1. The van der Waals surface area contributed by atoms with Crippen LogP contribution >= 0.6 is 0 Å². The Bertz CT molecular complexity index is 487. The van der Waals surface area contributed by atoms with Crippen LogP contribution in [-0.4, -0.2) is 37.7 Å². The number of rotatable bonds is 6. The Balaban J connectivity index is 2.87. The Labute approximate surface area is 110 Å². The van der Waals surface area contributed by atoms with Gasteiger partial charge in [-0.15, -0.1) is 0 Å². The van der Waals surface area contributed by atoms with E-state index in [2.05, 4.69) is 5.32 Å². The highest BCUT2D eigenvalue weighted by molar-refractivity contribution is 6.00. The van der Waals surface area contributed by atoms with Crippen molar-refractivity contribution in [2.75, 3.05) is 26.5 Å². The first-order valence-corrected chi connectivity index (χ1v) is 5.51. The van der Waals surface area contributed by atoms with Crippen LogP contribution in [0.1, 0.15) is 16.8 Å². The Morgan fingerprint density at radius 2 is 1.84 bits per heavy atom. The van der Waals surface area contributed by atoms with Crippen molar-refractivity contribution < 1.29 is 24.2 Å². The molecule has 1 aromatic rings. The fourth-order valence-corrected chi connectivity index (χ4v) is 1.47. The first-order valence-electron chi connectivity index (χ1n) is 5.51. The van der Waals surface area contributed by atoms with Crippen molar-refractivity contribution in [3.05, 3.63) is 17.7 Å². The lowest BCUT2D eigenvalue weighted by molar-refractivity contribution is -0.136. The first-order chi connectivity index (χ1) is 8.99. The normalized spacial score (nSPS) is 9.79. The minimum atomic E-state index is -0.986. The van der Waals surface area contributed by atoms with Gasteiger partial charge >= 0.3 is 5.97 Å². The number of amides is 1. The molecule has 0 spiro atoms. The minimum Gasteiger partial charge on any atom is -0.493 e. The molecule has 7 nitrogen and oxygen atoms in total. The highest BCUT2D eigenvalue weighted by Crippen LogP contribution is 2.31. The lowest BCUT2D eigenvalue weighted by atomic mass is 10.1. The van der Waals surface area contributed by atoms with E-state index < -0.39 is 11.9 Å². The van der Waals surface area contributed by atoms with Crippen LogP contribution in [0.25, 0.3) is 0 Å². The molecule has 1 rings (SSSR count). The molecule has 0 aliphatic carbocycles. The van der Waals surface area contributed by atoms with Crippen LogP contribution in [0.15, 0.2) is 12.1 Å². The summed E-state index contributed by atoms with van der Waals surface area (Å²) in [6, 6.07) is 2.93. The van der Waals surface area contributed by atoms with Gasteiger partial charge < -0.3 is 25.6 Å². The number of benzene rings is 1. The van der Waals surface area contributed by atoms with Crippen molar-refractivity contribution in [1.29, 1.82) is 0 Å². The average molecular weight is 268 g/mol. The molecule has 1 amide bonds. The number of hydrogen-bond acceptors (Lipinski definition) is 5. The molecule has 1 aromatic carbocycles. The topological polar surface area (TPSA) is 111 Å². The maximum atomic E-state index is 11.8.